The van der Waals surface area contributed by atoms with Gasteiger partial charge in [-0.05, 0) is 43.3 Å². The third kappa shape index (κ3) is 6.23. The summed E-state index contributed by atoms with van der Waals surface area (Å²) in [5, 5.41) is 47.3. The third-order valence-electron chi connectivity index (χ3n) is 4.46. The molecular weight excluding hydrogens is 426 g/mol. The molecule has 0 saturated carbocycles. The first-order valence-corrected chi connectivity index (χ1v) is 9.94. The van der Waals surface area contributed by atoms with E-state index in [-0.39, 0.29) is 41.9 Å². The molecule has 9 heteroatoms. The Balaban J connectivity index is 1.56. The third-order valence-corrected chi connectivity index (χ3v) is 4.46. The van der Waals surface area contributed by atoms with Gasteiger partial charge in [-0.3, -0.25) is 4.99 Å². The van der Waals surface area contributed by atoms with Crippen LogP contribution in [0.3, 0.4) is 0 Å². The van der Waals surface area contributed by atoms with Crippen LogP contribution in [0.15, 0.2) is 76.0 Å². The van der Waals surface area contributed by atoms with Crippen molar-refractivity contribution >= 4 is 23.8 Å². The minimum absolute atomic E-state index is 0.103. The Hall–Kier alpha value is -4.53. The van der Waals surface area contributed by atoms with Crippen LogP contribution >= 0.6 is 0 Å². The van der Waals surface area contributed by atoms with Gasteiger partial charge in [0.15, 0.2) is 24.7 Å². The van der Waals surface area contributed by atoms with Gasteiger partial charge in [-0.1, -0.05) is 34.6 Å². The van der Waals surface area contributed by atoms with E-state index in [1.54, 1.807) is 61.5 Å². The molecule has 33 heavy (non-hydrogen) atoms. The van der Waals surface area contributed by atoms with Gasteiger partial charge in [0, 0.05) is 22.9 Å². The van der Waals surface area contributed by atoms with Gasteiger partial charge in [-0.2, -0.15) is 0 Å². The van der Waals surface area contributed by atoms with Crippen LogP contribution in [0.25, 0.3) is 0 Å². The zero-order chi connectivity index (χ0) is 23.6. The van der Waals surface area contributed by atoms with Gasteiger partial charge in [0.2, 0.25) is 0 Å². The van der Waals surface area contributed by atoms with E-state index in [1.165, 1.54) is 18.5 Å². The Morgan fingerprint density at radius 3 is 2.27 bits per heavy atom. The van der Waals surface area contributed by atoms with Crippen molar-refractivity contribution in [3.63, 3.8) is 0 Å². The minimum atomic E-state index is -0.296. The molecule has 0 atom stereocenters. The summed E-state index contributed by atoms with van der Waals surface area (Å²) in [6.45, 7) is 1.91. The molecule has 3 aromatic rings. The van der Waals surface area contributed by atoms with Crippen LogP contribution in [0, 0.1) is 0 Å². The molecule has 0 heterocycles. The molecule has 0 spiro atoms. The van der Waals surface area contributed by atoms with E-state index < -0.39 is 0 Å². The molecule has 4 N–H and O–H groups in total. The number of aromatic hydroxyl groups is 4. The Bertz CT molecular complexity index is 1190. The zero-order valence-corrected chi connectivity index (χ0v) is 17.8. The summed E-state index contributed by atoms with van der Waals surface area (Å²) in [5.74, 6) is -0.562. The number of benzene rings is 3. The van der Waals surface area contributed by atoms with Gasteiger partial charge < -0.3 is 30.1 Å². The Morgan fingerprint density at radius 1 is 0.758 bits per heavy atom. The molecule has 3 rings (SSSR count). The maximum Gasteiger partial charge on any atom is 0.166 e. The molecule has 0 amide bonds. The minimum Gasteiger partial charge on any atom is -0.507 e. The number of nitrogens with zero attached hydrogens (tertiary/aromatic N) is 3. The van der Waals surface area contributed by atoms with Crippen molar-refractivity contribution in [3.05, 3.63) is 77.4 Å². The van der Waals surface area contributed by atoms with E-state index in [9.17, 15) is 20.4 Å². The van der Waals surface area contributed by atoms with Gasteiger partial charge in [0.1, 0.15) is 17.2 Å². The van der Waals surface area contributed by atoms with E-state index in [2.05, 4.69) is 15.3 Å². The predicted molar refractivity (Wildman–Crippen MR) is 125 cm³/mol. The molecule has 0 aromatic heterocycles. The Kier molecular flexibility index (Phi) is 7.85. The number of rotatable bonds is 9. The highest BCUT2D eigenvalue weighted by atomic mass is 16.7. The van der Waals surface area contributed by atoms with Crippen molar-refractivity contribution in [1.82, 2.24) is 0 Å². The van der Waals surface area contributed by atoms with E-state index in [1.807, 2.05) is 0 Å². The molecule has 0 fully saturated rings. The van der Waals surface area contributed by atoms with Gasteiger partial charge >= 0.3 is 0 Å². The van der Waals surface area contributed by atoms with E-state index in [0.29, 0.717) is 22.4 Å². The molecule has 0 aliphatic carbocycles. The van der Waals surface area contributed by atoms with Crippen LogP contribution in [-0.2, 0) is 9.68 Å². The lowest BCUT2D eigenvalue weighted by molar-refractivity contribution is 0.0546. The number of hydrogen-bond donors (Lipinski definition) is 4. The highest BCUT2D eigenvalue weighted by Gasteiger charge is 2.10. The van der Waals surface area contributed by atoms with Gasteiger partial charge in [-0.25, -0.2) is 0 Å². The summed E-state index contributed by atoms with van der Waals surface area (Å²) in [5.41, 5.74) is 1.93. The SMILES string of the molecule is C/C(=N\OCCO/N=C/c1ccccc1O)c1cccc(N=Cc2cccc(O)c2O)c1O. The molecular formula is C24H23N3O6. The first-order valence-electron chi connectivity index (χ1n) is 9.94. The summed E-state index contributed by atoms with van der Waals surface area (Å²) in [7, 11) is 0. The van der Waals surface area contributed by atoms with Crippen molar-refractivity contribution in [2.75, 3.05) is 13.2 Å². The van der Waals surface area contributed by atoms with Gasteiger partial charge in [-0.15, -0.1) is 0 Å². The van der Waals surface area contributed by atoms with E-state index in [4.69, 9.17) is 9.68 Å². The van der Waals surface area contributed by atoms with Crippen molar-refractivity contribution in [3.8, 4) is 23.0 Å². The van der Waals surface area contributed by atoms with Crippen LogP contribution < -0.4 is 0 Å². The maximum absolute atomic E-state index is 10.5. The molecule has 0 aliphatic rings. The van der Waals surface area contributed by atoms with Crippen LogP contribution in [0.4, 0.5) is 5.69 Å². The van der Waals surface area contributed by atoms with Crippen molar-refractivity contribution in [1.29, 1.82) is 0 Å². The molecule has 0 radical (unpaired) electrons. The number of para-hydroxylation sites is 3. The lowest BCUT2D eigenvalue weighted by Gasteiger charge is -2.07. The molecule has 0 unspecified atom stereocenters. The first kappa shape index (κ1) is 23.1. The van der Waals surface area contributed by atoms with Crippen LogP contribution in [0.5, 0.6) is 23.0 Å². The molecule has 0 aliphatic heterocycles. The fourth-order valence-electron chi connectivity index (χ4n) is 2.73. The standard InChI is InChI=1S/C24H23N3O6/c1-16(27-33-13-12-32-26-15-17-6-2-3-10-21(17)28)19-8-5-9-20(24(19)31)25-14-18-7-4-11-22(29)23(18)30/h2-11,14-15,28-31H,12-13H2,1H3/b25-14?,26-15+,27-16+. The molecule has 9 nitrogen and oxygen atoms in total. The number of phenols is 4. The molecule has 3 aromatic carbocycles. The second-order valence-corrected chi connectivity index (χ2v) is 6.78. The van der Waals surface area contributed by atoms with E-state index >= 15 is 0 Å². The lowest BCUT2D eigenvalue weighted by Crippen LogP contribution is -2.01. The van der Waals surface area contributed by atoms with Crippen molar-refractivity contribution < 1.29 is 30.1 Å². The molecule has 170 valence electrons. The van der Waals surface area contributed by atoms with Crippen LogP contribution in [-0.4, -0.2) is 51.8 Å². The average molecular weight is 449 g/mol. The summed E-state index contributed by atoms with van der Waals surface area (Å²) in [4.78, 5) is 14.5. The molecule has 0 saturated heterocycles. The monoisotopic (exact) mass is 449 g/mol. The Morgan fingerprint density at radius 2 is 1.45 bits per heavy atom. The maximum atomic E-state index is 10.5. The zero-order valence-electron chi connectivity index (χ0n) is 17.8. The van der Waals surface area contributed by atoms with E-state index in [0.717, 1.165) is 0 Å². The second-order valence-electron chi connectivity index (χ2n) is 6.78. The smallest absolute Gasteiger partial charge is 0.166 e. The van der Waals surface area contributed by atoms with Gasteiger partial charge in [0.25, 0.3) is 0 Å². The number of phenolic OH excluding ortho intramolecular Hbond substituents is 4. The summed E-state index contributed by atoms with van der Waals surface area (Å²) in [6.07, 6.45) is 2.73. The lowest BCUT2D eigenvalue weighted by atomic mass is 10.1. The molecule has 0 bridgehead atoms. The number of hydrogen-bond acceptors (Lipinski definition) is 9. The van der Waals surface area contributed by atoms with Crippen LogP contribution in [0.2, 0.25) is 0 Å². The van der Waals surface area contributed by atoms with Gasteiger partial charge in [0.05, 0.1) is 11.9 Å². The summed E-state index contributed by atoms with van der Waals surface area (Å²) in [6, 6.07) is 16.2. The predicted octanol–water partition coefficient (Wildman–Crippen LogP) is 4.05. The summed E-state index contributed by atoms with van der Waals surface area (Å²) < 4.78 is 0. The highest BCUT2D eigenvalue weighted by molar-refractivity contribution is 6.02. The first-order chi connectivity index (χ1) is 16.0. The quantitative estimate of drug-likeness (QED) is 0.168. The second kappa shape index (κ2) is 11.2. The topological polar surface area (TPSA) is 136 Å². The fraction of sp³-hybridized carbons (Fsp3) is 0.125. The number of aliphatic imine (C=N–C) groups is 1. The normalized spacial score (nSPS) is 11.8. The Labute approximate surface area is 190 Å². The average Bonchev–Trinajstić information content (AvgIpc) is 2.81. The highest BCUT2D eigenvalue weighted by Crippen LogP contribution is 2.32. The van der Waals surface area contributed by atoms with Crippen LogP contribution in [0.1, 0.15) is 23.6 Å². The summed E-state index contributed by atoms with van der Waals surface area (Å²) >= 11 is 0. The largest absolute Gasteiger partial charge is 0.507 e. The van der Waals surface area contributed by atoms with Crippen molar-refractivity contribution in [2.24, 2.45) is 15.3 Å². The number of oxime groups is 2. The fourth-order valence-corrected chi connectivity index (χ4v) is 2.73. The van der Waals surface area contributed by atoms with Crippen molar-refractivity contribution in [2.45, 2.75) is 6.92 Å².